The average Bonchev–Trinajstić information content (AvgIpc) is 2.33. The summed E-state index contributed by atoms with van der Waals surface area (Å²) in [6.45, 7) is 4.21. The van der Waals surface area contributed by atoms with E-state index in [4.69, 9.17) is 4.74 Å². The van der Waals surface area contributed by atoms with Crippen LogP contribution in [-0.4, -0.2) is 29.3 Å². The predicted octanol–water partition coefficient (Wildman–Crippen LogP) is 2.12. The van der Waals surface area contributed by atoms with Crippen molar-refractivity contribution >= 4 is 5.91 Å². The average molecular weight is 263 g/mol. The van der Waals surface area contributed by atoms with E-state index < -0.39 is 5.60 Å². The molecule has 0 saturated heterocycles. The van der Waals surface area contributed by atoms with Crippen LogP contribution in [0.5, 0.6) is 5.75 Å². The molecule has 104 valence electrons. The topological polar surface area (TPSA) is 58.6 Å². The molecule has 1 aliphatic carbocycles. The van der Waals surface area contributed by atoms with Crippen LogP contribution in [-0.2, 0) is 0 Å². The van der Waals surface area contributed by atoms with Crippen LogP contribution in [0, 0.1) is 0 Å². The van der Waals surface area contributed by atoms with Crippen LogP contribution in [0.25, 0.3) is 0 Å². The van der Waals surface area contributed by atoms with Gasteiger partial charge in [-0.2, -0.15) is 0 Å². The first-order valence-corrected chi connectivity index (χ1v) is 6.76. The van der Waals surface area contributed by atoms with Gasteiger partial charge in [0.05, 0.1) is 11.7 Å². The SMILES string of the molecule is CC(C)Oc1cccc(C(=O)NCC2(O)CCC2)c1. The number of amides is 1. The van der Waals surface area contributed by atoms with Gasteiger partial charge in [0.2, 0.25) is 0 Å². The summed E-state index contributed by atoms with van der Waals surface area (Å²) < 4.78 is 5.55. The van der Waals surface area contributed by atoms with Crippen molar-refractivity contribution < 1.29 is 14.6 Å². The van der Waals surface area contributed by atoms with Gasteiger partial charge in [-0.25, -0.2) is 0 Å². The van der Waals surface area contributed by atoms with Crippen molar-refractivity contribution in [3.8, 4) is 5.75 Å². The molecular weight excluding hydrogens is 242 g/mol. The van der Waals surface area contributed by atoms with Gasteiger partial charge in [0, 0.05) is 12.1 Å². The molecule has 4 heteroatoms. The highest BCUT2D eigenvalue weighted by atomic mass is 16.5. The summed E-state index contributed by atoms with van der Waals surface area (Å²) in [6, 6.07) is 7.09. The summed E-state index contributed by atoms with van der Waals surface area (Å²) in [5, 5.41) is 12.7. The second kappa shape index (κ2) is 5.61. The largest absolute Gasteiger partial charge is 0.491 e. The second-order valence-electron chi connectivity index (χ2n) is 5.46. The maximum Gasteiger partial charge on any atom is 0.251 e. The van der Waals surface area contributed by atoms with Gasteiger partial charge in [-0.05, 0) is 51.3 Å². The van der Waals surface area contributed by atoms with Gasteiger partial charge in [-0.1, -0.05) is 6.07 Å². The minimum atomic E-state index is -0.693. The van der Waals surface area contributed by atoms with E-state index in [2.05, 4.69) is 5.32 Å². The number of ether oxygens (including phenoxy) is 1. The van der Waals surface area contributed by atoms with E-state index in [0.29, 0.717) is 17.9 Å². The van der Waals surface area contributed by atoms with E-state index in [9.17, 15) is 9.90 Å². The van der Waals surface area contributed by atoms with Gasteiger partial charge in [-0.3, -0.25) is 4.79 Å². The minimum Gasteiger partial charge on any atom is -0.491 e. The van der Waals surface area contributed by atoms with Gasteiger partial charge < -0.3 is 15.2 Å². The molecule has 1 fully saturated rings. The number of nitrogens with one attached hydrogen (secondary N) is 1. The van der Waals surface area contributed by atoms with Crippen molar-refractivity contribution in [1.29, 1.82) is 0 Å². The first kappa shape index (κ1) is 13.9. The van der Waals surface area contributed by atoms with Crippen molar-refractivity contribution in [2.75, 3.05) is 6.54 Å². The third-order valence-corrected chi connectivity index (χ3v) is 3.33. The number of aliphatic hydroxyl groups is 1. The summed E-state index contributed by atoms with van der Waals surface area (Å²) in [5.74, 6) is 0.513. The van der Waals surface area contributed by atoms with Crippen LogP contribution in [0.2, 0.25) is 0 Å². The van der Waals surface area contributed by atoms with Crippen molar-refractivity contribution in [1.82, 2.24) is 5.32 Å². The number of benzene rings is 1. The Morgan fingerprint density at radius 3 is 2.79 bits per heavy atom. The van der Waals surface area contributed by atoms with Crippen LogP contribution in [0.4, 0.5) is 0 Å². The standard InChI is InChI=1S/C15H21NO3/c1-11(2)19-13-6-3-5-12(9-13)14(17)16-10-15(18)7-4-8-15/h3,5-6,9,11,18H,4,7-8,10H2,1-2H3,(H,16,17). The lowest BCUT2D eigenvalue weighted by Gasteiger charge is -2.36. The lowest BCUT2D eigenvalue weighted by molar-refractivity contribution is -0.0300. The van der Waals surface area contributed by atoms with Crippen LogP contribution in [0.15, 0.2) is 24.3 Å². The van der Waals surface area contributed by atoms with E-state index in [1.165, 1.54) is 0 Å². The molecule has 2 N–H and O–H groups in total. The molecule has 1 aliphatic rings. The van der Waals surface area contributed by atoms with E-state index >= 15 is 0 Å². The van der Waals surface area contributed by atoms with E-state index in [0.717, 1.165) is 19.3 Å². The van der Waals surface area contributed by atoms with E-state index in [1.54, 1.807) is 18.2 Å². The molecule has 0 unspecified atom stereocenters. The van der Waals surface area contributed by atoms with Crippen LogP contribution in [0.3, 0.4) is 0 Å². The summed E-state index contributed by atoms with van der Waals surface area (Å²) in [5.41, 5.74) is -0.136. The Labute approximate surface area is 113 Å². The zero-order valence-corrected chi connectivity index (χ0v) is 11.5. The Bertz CT molecular complexity index is 452. The smallest absolute Gasteiger partial charge is 0.251 e. The summed E-state index contributed by atoms with van der Waals surface area (Å²) >= 11 is 0. The Balaban J connectivity index is 1.94. The molecule has 1 aromatic carbocycles. The maximum absolute atomic E-state index is 12.0. The lowest BCUT2D eigenvalue weighted by Crippen LogP contribution is -2.47. The van der Waals surface area contributed by atoms with Crippen LogP contribution >= 0.6 is 0 Å². The lowest BCUT2D eigenvalue weighted by atomic mass is 9.80. The summed E-state index contributed by atoms with van der Waals surface area (Å²) in [4.78, 5) is 12.0. The highest BCUT2D eigenvalue weighted by Crippen LogP contribution is 2.30. The van der Waals surface area contributed by atoms with E-state index in [-0.39, 0.29) is 12.0 Å². The molecule has 0 aliphatic heterocycles. The molecular formula is C15H21NO3. The van der Waals surface area contributed by atoms with Crippen molar-refractivity contribution in [2.45, 2.75) is 44.8 Å². The Kier molecular flexibility index (Phi) is 4.10. The predicted molar refractivity (Wildman–Crippen MR) is 73.3 cm³/mol. The molecule has 1 aromatic rings. The number of hydrogen-bond donors (Lipinski definition) is 2. The highest BCUT2D eigenvalue weighted by Gasteiger charge is 2.34. The van der Waals surface area contributed by atoms with Gasteiger partial charge in [0.25, 0.3) is 5.91 Å². The number of rotatable bonds is 5. The van der Waals surface area contributed by atoms with Gasteiger partial charge in [0.15, 0.2) is 0 Å². The van der Waals surface area contributed by atoms with Crippen molar-refractivity contribution in [2.24, 2.45) is 0 Å². The molecule has 2 rings (SSSR count). The number of carbonyl (C=O) groups is 1. The third-order valence-electron chi connectivity index (χ3n) is 3.33. The second-order valence-corrected chi connectivity index (χ2v) is 5.46. The monoisotopic (exact) mass is 263 g/mol. The third kappa shape index (κ3) is 3.70. The molecule has 1 amide bonds. The number of carbonyl (C=O) groups excluding carboxylic acids is 1. The van der Waals surface area contributed by atoms with E-state index in [1.807, 2.05) is 19.9 Å². The van der Waals surface area contributed by atoms with Gasteiger partial charge >= 0.3 is 0 Å². The first-order valence-electron chi connectivity index (χ1n) is 6.76. The molecule has 1 saturated carbocycles. The molecule has 0 radical (unpaired) electrons. The maximum atomic E-state index is 12.0. The Morgan fingerprint density at radius 1 is 1.47 bits per heavy atom. The molecule has 4 nitrogen and oxygen atoms in total. The van der Waals surface area contributed by atoms with Gasteiger partial charge in [0.1, 0.15) is 5.75 Å². The molecule has 0 heterocycles. The fourth-order valence-electron chi connectivity index (χ4n) is 2.09. The fourth-order valence-corrected chi connectivity index (χ4v) is 2.09. The Morgan fingerprint density at radius 2 is 2.21 bits per heavy atom. The van der Waals surface area contributed by atoms with Crippen molar-refractivity contribution in [3.05, 3.63) is 29.8 Å². The molecule has 19 heavy (non-hydrogen) atoms. The quantitative estimate of drug-likeness (QED) is 0.855. The zero-order valence-electron chi connectivity index (χ0n) is 11.5. The molecule has 0 bridgehead atoms. The highest BCUT2D eigenvalue weighted by molar-refractivity contribution is 5.94. The van der Waals surface area contributed by atoms with Crippen LogP contribution < -0.4 is 10.1 Å². The molecule has 0 aromatic heterocycles. The van der Waals surface area contributed by atoms with Crippen molar-refractivity contribution in [3.63, 3.8) is 0 Å². The fraction of sp³-hybridized carbons (Fsp3) is 0.533. The number of hydrogen-bond acceptors (Lipinski definition) is 3. The molecule has 0 atom stereocenters. The van der Waals surface area contributed by atoms with Gasteiger partial charge in [-0.15, -0.1) is 0 Å². The zero-order chi connectivity index (χ0) is 13.9. The Hall–Kier alpha value is -1.55. The minimum absolute atomic E-state index is 0.0778. The molecule has 0 spiro atoms. The summed E-state index contributed by atoms with van der Waals surface area (Å²) in [6.07, 6.45) is 2.64. The van der Waals surface area contributed by atoms with Crippen LogP contribution in [0.1, 0.15) is 43.5 Å². The first-order chi connectivity index (χ1) is 8.98. The normalized spacial score (nSPS) is 16.8. The summed E-state index contributed by atoms with van der Waals surface area (Å²) in [7, 11) is 0.